The lowest BCUT2D eigenvalue weighted by molar-refractivity contribution is -0.123. The van der Waals surface area contributed by atoms with Gasteiger partial charge in [-0.2, -0.15) is 10.1 Å². The maximum Gasteiger partial charge on any atom is 0.300 e. The molecule has 0 unspecified atom stereocenters. The van der Waals surface area contributed by atoms with E-state index >= 15 is 0 Å². The van der Waals surface area contributed by atoms with Gasteiger partial charge in [-0.3, -0.25) is 4.79 Å². The molecule has 0 N–H and O–H groups in total. The normalized spacial score (nSPS) is 14.5. The molecule has 0 saturated heterocycles. The molecule has 1 aromatic carbocycles. The summed E-state index contributed by atoms with van der Waals surface area (Å²) in [4.78, 5) is 11.9. The Bertz CT molecular complexity index is 727. The third-order valence-corrected chi connectivity index (χ3v) is 3.00. The summed E-state index contributed by atoms with van der Waals surface area (Å²) in [5, 5.41) is 12.1. The maximum atomic E-state index is 11.9. The van der Waals surface area contributed by atoms with Crippen molar-refractivity contribution in [1.29, 1.82) is 0 Å². The van der Waals surface area contributed by atoms with E-state index in [9.17, 15) is 4.79 Å². The number of hydrogen-bond donors (Lipinski definition) is 0. The van der Waals surface area contributed by atoms with E-state index in [-0.39, 0.29) is 10.8 Å². The molecular weight excluding hydrogens is 316 g/mol. The topological polar surface area (TPSA) is 75.9 Å². The lowest BCUT2D eigenvalue weighted by Gasteiger charge is -2.17. The fourth-order valence-electron chi connectivity index (χ4n) is 1.66. The number of carbonyl (C=O) groups excluding carboxylic acids is 1. The Morgan fingerprint density at radius 3 is 2.87 bits per heavy atom. The maximum absolute atomic E-state index is 11.9. The molecule has 0 saturated carbocycles. The molecule has 2 rings (SSSR count). The number of ether oxygens (including phenoxy) is 2. The average Bonchev–Trinajstić information content (AvgIpc) is 2.56. The Morgan fingerprint density at radius 2 is 2.17 bits per heavy atom. The van der Waals surface area contributed by atoms with Crippen LogP contribution in [0, 0.1) is 0 Å². The van der Waals surface area contributed by atoms with E-state index in [4.69, 9.17) is 21.7 Å². The van der Waals surface area contributed by atoms with E-state index in [2.05, 4.69) is 28.5 Å². The van der Waals surface area contributed by atoms with Crippen molar-refractivity contribution in [2.75, 3.05) is 13.7 Å². The van der Waals surface area contributed by atoms with Gasteiger partial charge >= 0.3 is 5.91 Å². The van der Waals surface area contributed by atoms with Crippen molar-refractivity contribution in [2.45, 2.75) is 0 Å². The molecule has 23 heavy (non-hydrogen) atoms. The standard InChI is InChI=1S/C15H14N4O3S/c1-4-7-22-12-6-5-11(8-13(12)21-3)9-16-19-14(20)10(2)17-18-15(19)23/h4-6,8-9H,1-2,7H2,3H3/b16-9+. The van der Waals surface area contributed by atoms with Gasteiger partial charge in [-0.25, -0.2) is 0 Å². The van der Waals surface area contributed by atoms with Crippen LogP contribution in [0.15, 0.2) is 58.5 Å². The van der Waals surface area contributed by atoms with Gasteiger partial charge in [0.2, 0.25) is 5.11 Å². The van der Waals surface area contributed by atoms with E-state index in [1.54, 1.807) is 24.3 Å². The SMILES string of the molecule is C=CCOc1ccc(/C=N/N2C(=O)C(=C)N=NC2=S)cc1OC. The molecule has 0 bridgehead atoms. The van der Waals surface area contributed by atoms with Gasteiger partial charge in [0.1, 0.15) is 12.3 Å². The van der Waals surface area contributed by atoms with Crippen molar-refractivity contribution in [2.24, 2.45) is 15.3 Å². The molecular formula is C15H14N4O3S. The summed E-state index contributed by atoms with van der Waals surface area (Å²) in [7, 11) is 1.53. The predicted molar refractivity (Wildman–Crippen MR) is 89.7 cm³/mol. The van der Waals surface area contributed by atoms with Crippen molar-refractivity contribution in [1.82, 2.24) is 5.01 Å². The van der Waals surface area contributed by atoms with E-state index in [0.717, 1.165) is 5.01 Å². The third kappa shape index (κ3) is 3.86. The molecule has 1 aromatic rings. The van der Waals surface area contributed by atoms with Crippen LogP contribution >= 0.6 is 12.2 Å². The quantitative estimate of drug-likeness (QED) is 0.348. The first-order chi connectivity index (χ1) is 11.1. The highest BCUT2D eigenvalue weighted by molar-refractivity contribution is 7.80. The molecule has 0 fully saturated rings. The fraction of sp³-hybridized carbons (Fsp3) is 0.133. The van der Waals surface area contributed by atoms with Gasteiger partial charge in [0.15, 0.2) is 11.5 Å². The number of amides is 1. The summed E-state index contributed by atoms with van der Waals surface area (Å²) in [5.74, 6) is 0.600. The molecule has 8 heteroatoms. The second-order valence-electron chi connectivity index (χ2n) is 4.30. The van der Waals surface area contributed by atoms with Crippen LogP contribution < -0.4 is 9.47 Å². The summed E-state index contributed by atoms with van der Waals surface area (Å²) in [6.45, 7) is 7.43. The van der Waals surface area contributed by atoms with Crippen LogP contribution in [0.4, 0.5) is 0 Å². The minimum Gasteiger partial charge on any atom is -0.493 e. The van der Waals surface area contributed by atoms with Crippen LogP contribution in [0.5, 0.6) is 11.5 Å². The van der Waals surface area contributed by atoms with Crippen LogP contribution in [0.2, 0.25) is 0 Å². The highest BCUT2D eigenvalue weighted by Gasteiger charge is 2.24. The van der Waals surface area contributed by atoms with Crippen LogP contribution in [0.1, 0.15) is 5.56 Å². The number of benzene rings is 1. The number of hydrazone groups is 1. The Hall–Kier alpha value is -2.87. The van der Waals surface area contributed by atoms with Crippen LogP contribution in [0.25, 0.3) is 0 Å². The van der Waals surface area contributed by atoms with Gasteiger partial charge < -0.3 is 9.47 Å². The molecule has 1 aliphatic heterocycles. The summed E-state index contributed by atoms with van der Waals surface area (Å²) in [5.41, 5.74) is 0.665. The average molecular weight is 330 g/mol. The zero-order chi connectivity index (χ0) is 16.8. The summed E-state index contributed by atoms with van der Waals surface area (Å²) in [6.07, 6.45) is 3.09. The first-order valence-corrected chi connectivity index (χ1v) is 6.92. The minimum atomic E-state index is -0.515. The zero-order valence-electron chi connectivity index (χ0n) is 12.4. The Labute approximate surface area is 138 Å². The fourth-order valence-corrected chi connectivity index (χ4v) is 1.83. The van der Waals surface area contributed by atoms with Crippen LogP contribution in [-0.4, -0.2) is 36.0 Å². The summed E-state index contributed by atoms with van der Waals surface area (Å²) >= 11 is 4.93. The zero-order valence-corrected chi connectivity index (χ0v) is 13.2. The third-order valence-electron chi connectivity index (χ3n) is 2.74. The number of thiocarbonyl (C=S) groups is 1. The second-order valence-corrected chi connectivity index (χ2v) is 4.67. The van der Waals surface area contributed by atoms with Crippen LogP contribution in [-0.2, 0) is 4.79 Å². The predicted octanol–water partition coefficient (Wildman–Crippen LogP) is 2.69. The van der Waals surface area contributed by atoms with Gasteiger partial charge in [-0.05, 0) is 36.0 Å². The molecule has 7 nitrogen and oxygen atoms in total. The lowest BCUT2D eigenvalue weighted by Crippen LogP contribution is -2.33. The molecule has 0 aliphatic carbocycles. The first kappa shape index (κ1) is 16.5. The van der Waals surface area contributed by atoms with E-state index in [1.165, 1.54) is 13.3 Å². The highest BCUT2D eigenvalue weighted by Crippen LogP contribution is 2.27. The monoisotopic (exact) mass is 330 g/mol. The lowest BCUT2D eigenvalue weighted by atomic mass is 10.2. The Kier molecular flexibility index (Phi) is 5.32. The van der Waals surface area contributed by atoms with Crippen molar-refractivity contribution in [3.63, 3.8) is 0 Å². The largest absolute Gasteiger partial charge is 0.493 e. The molecule has 1 heterocycles. The molecule has 0 atom stereocenters. The number of azo groups is 1. The first-order valence-electron chi connectivity index (χ1n) is 6.51. The molecule has 1 aliphatic rings. The van der Waals surface area contributed by atoms with Crippen molar-refractivity contribution in [3.8, 4) is 11.5 Å². The number of hydrogen-bond acceptors (Lipinski definition) is 6. The number of rotatable bonds is 6. The smallest absolute Gasteiger partial charge is 0.300 e. The van der Waals surface area contributed by atoms with E-state index in [1.807, 2.05) is 0 Å². The van der Waals surface area contributed by atoms with Gasteiger partial charge in [-0.1, -0.05) is 19.2 Å². The molecule has 0 aromatic heterocycles. The molecule has 0 spiro atoms. The molecule has 118 valence electrons. The van der Waals surface area contributed by atoms with Gasteiger partial charge in [0.05, 0.1) is 13.3 Å². The van der Waals surface area contributed by atoms with Crippen molar-refractivity contribution < 1.29 is 14.3 Å². The van der Waals surface area contributed by atoms with Gasteiger partial charge in [0, 0.05) is 0 Å². The molecule has 1 amide bonds. The number of nitrogens with zero attached hydrogens (tertiary/aromatic N) is 4. The Balaban J connectivity index is 2.21. The van der Waals surface area contributed by atoms with E-state index in [0.29, 0.717) is 23.7 Å². The second kappa shape index (κ2) is 7.41. The summed E-state index contributed by atoms with van der Waals surface area (Å²) < 4.78 is 10.7. The highest BCUT2D eigenvalue weighted by atomic mass is 32.1. The van der Waals surface area contributed by atoms with Gasteiger partial charge in [-0.15, -0.1) is 10.2 Å². The minimum absolute atomic E-state index is 0.0264. The number of carbonyl (C=O) groups is 1. The van der Waals surface area contributed by atoms with Gasteiger partial charge in [0.25, 0.3) is 0 Å². The number of methoxy groups -OCH3 is 1. The van der Waals surface area contributed by atoms with Crippen LogP contribution in [0.3, 0.4) is 0 Å². The van der Waals surface area contributed by atoms with E-state index < -0.39 is 5.91 Å². The van der Waals surface area contributed by atoms with Crippen molar-refractivity contribution in [3.05, 3.63) is 48.7 Å². The summed E-state index contributed by atoms with van der Waals surface area (Å²) in [6, 6.07) is 5.21. The molecule has 0 radical (unpaired) electrons. The Morgan fingerprint density at radius 1 is 1.39 bits per heavy atom. The van der Waals surface area contributed by atoms with Crippen molar-refractivity contribution >= 4 is 29.5 Å².